The number of carbonyl (C=O) groups is 1. The van der Waals surface area contributed by atoms with Gasteiger partial charge in [0.1, 0.15) is 11.7 Å². The van der Waals surface area contributed by atoms with Gasteiger partial charge in [-0.3, -0.25) is 10.1 Å². The Bertz CT molecular complexity index is 489. The van der Waals surface area contributed by atoms with Crippen molar-refractivity contribution < 1.29 is 4.79 Å². The number of thiophene rings is 1. The lowest BCUT2D eigenvalue weighted by Crippen LogP contribution is -2.36. The first-order valence-electron chi connectivity index (χ1n) is 7.89. The van der Waals surface area contributed by atoms with Gasteiger partial charge in [-0.1, -0.05) is 19.3 Å². The summed E-state index contributed by atoms with van der Waals surface area (Å²) in [5.41, 5.74) is 1.07. The summed E-state index contributed by atoms with van der Waals surface area (Å²) in [6.07, 6.45) is 8.82. The Labute approximate surface area is 124 Å². The second-order valence-electron chi connectivity index (χ2n) is 6.65. The molecule has 0 radical (unpaired) electrons. The Balaban J connectivity index is 1.55. The summed E-state index contributed by atoms with van der Waals surface area (Å²) in [7, 11) is 0. The Morgan fingerprint density at radius 2 is 2.10 bits per heavy atom. The number of carbonyl (C=O) groups excluding carboxylic acids is 1. The van der Waals surface area contributed by atoms with Gasteiger partial charge in [-0.15, -0.1) is 0 Å². The number of hydrogen-bond donors (Lipinski definition) is 1. The van der Waals surface area contributed by atoms with Gasteiger partial charge in [-0.05, 0) is 54.0 Å². The summed E-state index contributed by atoms with van der Waals surface area (Å²) in [4.78, 5) is 14.9. The Hall–Kier alpha value is -0.870. The fraction of sp³-hybridized carbons (Fsp3) is 0.688. The van der Waals surface area contributed by atoms with Gasteiger partial charge >= 0.3 is 0 Å². The minimum atomic E-state index is -0.193. The van der Waals surface area contributed by atoms with Gasteiger partial charge in [-0.25, -0.2) is 0 Å². The third-order valence-corrected chi connectivity index (χ3v) is 5.88. The maximum Gasteiger partial charge on any atom is 0.244 e. The van der Waals surface area contributed by atoms with E-state index in [1.54, 1.807) is 11.3 Å². The average molecular weight is 290 g/mol. The van der Waals surface area contributed by atoms with E-state index in [4.69, 9.17) is 0 Å². The van der Waals surface area contributed by atoms with E-state index < -0.39 is 0 Å². The summed E-state index contributed by atoms with van der Waals surface area (Å²) in [6, 6.07) is 2.16. The quantitative estimate of drug-likeness (QED) is 0.926. The third-order valence-electron chi connectivity index (χ3n) is 5.18. The molecule has 2 aliphatic carbocycles. The molecule has 1 N–H and O–H groups in total. The van der Waals surface area contributed by atoms with Gasteiger partial charge in [0.05, 0.1) is 0 Å². The summed E-state index contributed by atoms with van der Waals surface area (Å²) in [5.74, 6) is 1.07. The fourth-order valence-corrected chi connectivity index (χ4v) is 4.49. The second-order valence-corrected chi connectivity index (χ2v) is 7.43. The van der Waals surface area contributed by atoms with Crippen LogP contribution in [0.1, 0.15) is 56.7 Å². The Morgan fingerprint density at radius 3 is 2.75 bits per heavy atom. The molecule has 1 saturated heterocycles. The van der Waals surface area contributed by atoms with Gasteiger partial charge < -0.3 is 4.90 Å². The predicted octanol–water partition coefficient (Wildman–Crippen LogP) is 3.29. The molecule has 1 aromatic rings. The fourth-order valence-electron chi connectivity index (χ4n) is 3.81. The molecule has 1 atom stereocenters. The van der Waals surface area contributed by atoms with Crippen LogP contribution in [0.3, 0.4) is 0 Å². The molecule has 1 amide bonds. The summed E-state index contributed by atoms with van der Waals surface area (Å²) in [5, 5.41) is 7.91. The van der Waals surface area contributed by atoms with Crippen molar-refractivity contribution in [2.24, 2.45) is 5.92 Å². The molecule has 3 aliphatic rings. The standard InChI is InChI=1S/C16H22N2OS/c19-15-16(7-8-16)17-14(13-6-9-20-11-13)18(15)10-12-4-2-1-3-5-12/h6,9,11-12,14,17H,1-5,7-8,10H2. The number of hydrogen-bond acceptors (Lipinski definition) is 3. The highest BCUT2D eigenvalue weighted by atomic mass is 32.1. The minimum absolute atomic E-state index is 0.123. The lowest BCUT2D eigenvalue weighted by molar-refractivity contribution is -0.131. The smallest absolute Gasteiger partial charge is 0.244 e. The van der Waals surface area contributed by atoms with E-state index in [0.717, 1.165) is 19.4 Å². The summed E-state index contributed by atoms with van der Waals surface area (Å²) in [6.45, 7) is 0.952. The summed E-state index contributed by atoms with van der Waals surface area (Å²) >= 11 is 1.72. The van der Waals surface area contributed by atoms with Crippen molar-refractivity contribution in [2.45, 2.75) is 56.7 Å². The molecule has 20 heavy (non-hydrogen) atoms. The molecule has 2 saturated carbocycles. The monoisotopic (exact) mass is 290 g/mol. The predicted molar refractivity (Wildman–Crippen MR) is 80.4 cm³/mol. The number of rotatable bonds is 3. The molecular formula is C16H22N2OS. The van der Waals surface area contributed by atoms with Gasteiger partial charge in [0.25, 0.3) is 0 Å². The maximum absolute atomic E-state index is 12.7. The number of nitrogens with zero attached hydrogens (tertiary/aromatic N) is 1. The van der Waals surface area contributed by atoms with Crippen LogP contribution in [0.2, 0.25) is 0 Å². The first kappa shape index (κ1) is 12.8. The maximum atomic E-state index is 12.7. The molecule has 1 unspecified atom stereocenters. The second kappa shape index (κ2) is 4.85. The van der Waals surface area contributed by atoms with Crippen LogP contribution >= 0.6 is 11.3 Å². The normalized spacial score (nSPS) is 29.3. The molecule has 2 heterocycles. The van der Waals surface area contributed by atoms with Crippen LogP contribution in [0.4, 0.5) is 0 Å². The minimum Gasteiger partial charge on any atom is -0.321 e. The molecule has 1 aliphatic heterocycles. The highest BCUT2D eigenvalue weighted by Crippen LogP contribution is 2.46. The van der Waals surface area contributed by atoms with E-state index in [1.807, 2.05) is 0 Å². The van der Waals surface area contributed by atoms with Gasteiger partial charge in [0, 0.05) is 6.54 Å². The van der Waals surface area contributed by atoms with Crippen molar-refractivity contribution in [2.75, 3.05) is 6.54 Å². The topological polar surface area (TPSA) is 32.3 Å². The van der Waals surface area contributed by atoms with Crippen LogP contribution in [0, 0.1) is 5.92 Å². The van der Waals surface area contributed by atoms with E-state index >= 15 is 0 Å². The van der Waals surface area contributed by atoms with Crippen molar-refractivity contribution in [1.82, 2.24) is 10.2 Å². The van der Waals surface area contributed by atoms with Crippen LogP contribution in [0.5, 0.6) is 0 Å². The first-order valence-corrected chi connectivity index (χ1v) is 8.84. The van der Waals surface area contributed by atoms with E-state index in [0.29, 0.717) is 11.8 Å². The number of amides is 1. The van der Waals surface area contributed by atoms with Crippen LogP contribution in [0.15, 0.2) is 16.8 Å². The summed E-state index contributed by atoms with van der Waals surface area (Å²) < 4.78 is 0. The molecule has 4 rings (SSSR count). The van der Waals surface area contributed by atoms with Crippen molar-refractivity contribution in [3.8, 4) is 0 Å². The van der Waals surface area contributed by atoms with Crippen LogP contribution in [0.25, 0.3) is 0 Å². The van der Waals surface area contributed by atoms with Crippen molar-refractivity contribution in [1.29, 1.82) is 0 Å². The van der Waals surface area contributed by atoms with Crippen LogP contribution in [-0.4, -0.2) is 22.9 Å². The van der Waals surface area contributed by atoms with E-state index in [1.165, 1.54) is 37.7 Å². The zero-order valence-electron chi connectivity index (χ0n) is 11.8. The molecule has 1 aromatic heterocycles. The molecule has 3 nitrogen and oxygen atoms in total. The average Bonchev–Trinajstić information content (AvgIpc) is 2.96. The van der Waals surface area contributed by atoms with Gasteiger partial charge in [0.2, 0.25) is 5.91 Å². The third kappa shape index (κ3) is 2.09. The molecule has 4 heteroatoms. The first-order chi connectivity index (χ1) is 9.78. The van der Waals surface area contributed by atoms with Crippen molar-refractivity contribution in [3.05, 3.63) is 22.4 Å². The molecule has 108 valence electrons. The SMILES string of the molecule is O=C1N(CC2CCCCC2)C(c2ccsc2)NC12CC2. The lowest BCUT2D eigenvalue weighted by atomic mass is 9.89. The molecule has 1 spiro atoms. The van der Waals surface area contributed by atoms with Crippen LogP contribution in [-0.2, 0) is 4.79 Å². The number of nitrogens with one attached hydrogen (secondary N) is 1. The highest BCUT2D eigenvalue weighted by Gasteiger charge is 2.59. The van der Waals surface area contributed by atoms with Gasteiger partial charge in [-0.2, -0.15) is 11.3 Å². The zero-order chi connectivity index (χ0) is 13.6. The Morgan fingerprint density at radius 1 is 1.30 bits per heavy atom. The van der Waals surface area contributed by atoms with E-state index in [2.05, 4.69) is 27.0 Å². The molecule has 0 bridgehead atoms. The largest absolute Gasteiger partial charge is 0.321 e. The van der Waals surface area contributed by atoms with E-state index in [-0.39, 0.29) is 11.7 Å². The highest BCUT2D eigenvalue weighted by molar-refractivity contribution is 7.07. The lowest BCUT2D eigenvalue weighted by Gasteiger charge is -2.30. The van der Waals surface area contributed by atoms with Crippen LogP contribution < -0.4 is 5.32 Å². The zero-order valence-corrected chi connectivity index (χ0v) is 12.6. The van der Waals surface area contributed by atoms with Crippen molar-refractivity contribution in [3.63, 3.8) is 0 Å². The Kier molecular flexibility index (Phi) is 3.11. The van der Waals surface area contributed by atoms with Crippen molar-refractivity contribution >= 4 is 17.2 Å². The van der Waals surface area contributed by atoms with Gasteiger partial charge in [0.15, 0.2) is 0 Å². The molecule has 0 aromatic carbocycles. The van der Waals surface area contributed by atoms with E-state index in [9.17, 15) is 4.79 Å². The molecule has 3 fully saturated rings. The molecular weight excluding hydrogens is 268 g/mol.